The van der Waals surface area contributed by atoms with E-state index in [4.69, 9.17) is 9.57 Å². The van der Waals surface area contributed by atoms with Crippen LogP contribution in [-0.2, 0) is 20.0 Å². The van der Waals surface area contributed by atoms with Gasteiger partial charge in [-0.15, -0.1) is 0 Å². The van der Waals surface area contributed by atoms with E-state index in [1.807, 2.05) is 91.0 Å². The molecule has 4 rings (SSSR count). The summed E-state index contributed by atoms with van der Waals surface area (Å²) in [6.45, 7) is 1.84. The number of hydrogen-bond acceptors (Lipinski definition) is 8. The highest BCUT2D eigenvalue weighted by Gasteiger charge is 2.40. The van der Waals surface area contributed by atoms with E-state index in [0.717, 1.165) is 28.2 Å². The van der Waals surface area contributed by atoms with Gasteiger partial charge in [0.25, 0.3) is 0 Å². The van der Waals surface area contributed by atoms with Crippen molar-refractivity contribution in [2.45, 2.75) is 12.5 Å². The van der Waals surface area contributed by atoms with Crippen LogP contribution in [0.15, 0.2) is 96.2 Å². The first kappa shape index (κ1) is 24.6. The predicted molar refractivity (Wildman–Crippen MR) is 135 cm³/mol. The van der Waals surface area contributed by atoms with Crippen LogP contribution in [0.25, 0.3) is 0 Å². The Morgan fingerprint density at radius 3 is 1.86 bits per heavy atom. The van der Waals surface area contributed by atoms with Crippen LogP contribution in [0, 0.1) is 0 Å². The number of carbonyl (C=O) groups is 2. The number of carbonyl (C=O) groups excluding carboxylic acids is 1. The van der Waals surface area contributed by atoms with Gasteiger partial charge in [0.15, 0.2) is 0 Å². The Balaban J connectivity index is 1.82. The van der Waals surface area contributed by atoms with Crippen molar-refractivity contribution >= 4 is 34.4 Å². The number of oxime groups is 1. The average molecular weight is 503 g/mol. The zero-order valence-corrected chi connectivity index (χ0v) is 20.0. The van der Waals surface area contributed by atoms with E-state index in [0.29, 0.717) is 0 Å². The first-order valence-electron chi connectivity index (χ1n) is 11.0. The predicted octanol–water partition coefficient (Wildman–Crippen LogP) is 4.90. The van der Waals surface area contributed by atoms with Crippen molar-refractivity contribution in [3.05, 3.63) is 114 Å². The number of aliphatic carboxylic acids is 1. The Hall–Kier alpha value is -4.57. The van der Waals surface area contributed by atoms with Crippen LogP contribution in [0.1, 0.15) is 29.4 Å². The van der Waals surface area contributed by atoms with E-state index in [9.17, 15) is 14.7 Å². The van der Waals surface area contributed by atoms with E-state index in [2.05, 4.69) is 19.8 Å². The lowest BCUT2D eigenvalue weighted by Crippen LogP contribution is -2.32. The van der Waals surface area contributed by atoms with Gasteiger partial charge in [-0.05, 0) is 6.92 Å². The molecule has 4 aromatic rings. The molecule has 0 fully saturated rings. The van der Waals surface area contributed by atoms with Crippen molar-refractivity contribution in [1.82, 2.24) is 9.36 Å². The zero-order chi connectivity index (χ0) is 25.4. The largest absolute Gasteiger partial charge is 0.476 e. The number of nitrogens with one attached hydrogen (secondary N) is 1. The molecule has 10 heteroatoms. The van der Waals surface area contributed by atoms with Crippen LogP contribution in [0.4, 0.5) is 9.93 Å². The molecule has 0 aliphatic heterocycles. The molecule has 3 aromatic carbocycles. The van der Waals surface area contributed by atoms with Crippen molar-refractivity contribution in [3.8, 4) is 0 Å². The minimum atomic E-state index is -1.39. The molecule has 1 aromatic heterocycles. The van der Waals surface area contributed by atoms with E-state index in [1.54, 1.807) is 6.92 Å². The molecule has 1 heterocycles. The van der Waals surface area contributed by atoms with Gasteiger partial charge >= 0.3 is 12.1 Å². The third kappa shape index (κ3) is 5.23. The van der Waals surface area contributed by atoms with E-state index in [-0.39, 0.29) is 17.6 Å². The zero-order valence-electron chi connectivity index (χ0n) is 19.2. The van der Waals surface area contributed by atoms with Gasteiger partial charge in [0, 0.05) is 28.2 Å². The number of hydrogen-bond donors (Lipinski definition) is 2. The molecule has 0 atom stereocenters. The Labute approximate surface area is 211 Å². The van der Waals surface area contributed by atoms with Crippen LogP contribution >= 0.6 is 11.5 Å². The molecule has 0 saturated carbocycles. The number of carboxylic acids is 1. The fourth-order valence-corrected chi connectivity index (χ4v) is 4.15. The maximum Gasteiger partial charge on any atom is 0.413 e. The van der Waals surface area contributed by atoms with Gasteiger partial charge in [-0.25, -0.2) is 9.59 Å². The SMILES string of the molecule is CCOC(=O)Nc1nc(/C(=N/OC(c2ccccc2)(c2ccccc2)c2ccccc2)C(=O)O)ns1. The third-order valence-electron chi connectivity index (χ3n) is 5.14. The fraction of sp³-hybridized carbons (Fsp3) is 0.115. The van der Waals surface area contributed by atoms with Crippen LogP contribution in [-0.4, -0.2) is 38.8 Å². The maximum atomic E-state index is 12.2. The topological polar surface area (TPSA) is 123 Å². The highest BCUT2D eigenvalue weighted by Crippen LogP contribution is 2.40. The van der Waals surface area contributed by atoms with Gasteiger partial charge in [-0.2, -0.15) is 9.36 Å². The Morgan fingerprint density at radius 1 is 0.917 bits per heavy atom. The second-order valence-electron chi connectivity index (χ2n) is 7.38. The monoisotopic (exact) mass is 502 g/mol. The van der Waals surface area contributed by atoms with Crippen molar-refractivity contribution in [3.63, 3.8) is 0 Å². The standard InChI is InChI=1S/C26H22N4O5S/c1-2-34-25(33)28-24-27-22(30-36-24)21(23(31)32)29-35-26(18-12-6-3-7-13-18,19-14-8-4-9-15-19)20-16-10-5-11-17-20/h3-17H,2H2,1H3,(H,31,32)(H,27,28,30,33)/b29-21-. The second-order valence-corrected chi connectivity index (χ2v) is 8.14. The Kier molecular flexibility index (Phi) is 7.66. The van der Waals surface area contributed by atoms with Crippen LogP contribution in [0.5, 0.6) is 0 Å². The molecule has 36 heavy (non-hydrogen) atoms. The lowest BCUT2D eigenvalue weighted by molar-refractivity contribution is -0.129. The Bertz CT molecular complexity index is 1250. The molecule has 0 aliphatic carbocycles. The molecule has 0 bridgehead atoms. The molecule has 182 valence electrons. The smallest absolute Gasteiger partial charge is 0.413 e. The number of anilines is 1. The maximum absolute atomic E-state index is 12.2. The van der Waals surface area contributed by atoms with Crippen LogP contribution in [0.3, 0.4) is 0 Å². The van der Waals surface area contributed by atoms with Crippen molar-refractivity contribution in [2.24, 2.45) is 5.16 Å². The lowest BCUT2D eigenvalue weighted by Gasteiger charge is -2.33. The number of ether oxygens (including phenoxy) is 1. The summed E-state index contributed by atoms with van der Waals surface area (Å²) in [5.41, 5.74) is 0.438. The summed E-state index contributed by atoms with van der Waals surface area (Å²) in [5, 5.41) is 16.5. The second kappa shape index (κ2) is 11.2. The van der Waals surface area contributed by atoms with Gasteiger partial charge in [0.1, 0.15) is 0 Å². The van der Waals surface area contributed by atoms with E-state index >= 15 is 0 Å². The number of benzene rings is 3. The first-order valence-corrected chi connectivity index (χ1v) is 11.8. The minimum Gasteiger partial charge on any atom is -0.476 e. The molecule has 0 unspecified atom stereocenters. The molecular formula is C26H22N4O5S. The molecule has 0 aliphatic rings. The van der Waals surface area contributed by atoms with Gasteiger partial charge in [0.2, 0.25) is 22.3 Å². The lowest BCUT2D eigenvalue weighted by atomic mass is 9.80. The summed E-state index contributed by atoms with van der Waals surface area (Å²) in [6.07, 6.45) is -0.721. The summed E-state index contributed by atoms with van der Waals surface area (Å²) < 4.78 is 8.86. The van der Waals surface area contributed by atoms with Crippen molar-refractivity contribution < 1.29 is 24.3 Å². The molecule has 0 spiro atoms. The molecule has 9 nitrogen and oxygen atoms in total. The summed E-state index contributed by atoms with van der Waals surface area (Å²) in [5.74, 6) is -1.60. The molecular weight excluding hydrogens is 480 g/mol. The summed E-state index contributed by atoms with van der Waals surface area (Å²) in [6, 6.07) is 28.2. The number of nitrogens with zero attached hydrogens (tertiary/aromatic N) is 3. The van der Waals surface area contributed by atoms with Crippen molar-refractivity contribution in [1.29, 1.82) is 0 Å². The fourth-order valence-electron chi connectivity index (χ4n) is 3.59. The first-order chi connectivity index (χ1) is 17.5. The number of carboxylic acid groups (broad SMARTS) is 1. The van der Waals surface area contributed by atoms with Crippen LogP contribution in [0.2, 0.25) is 0 Å². The summed E-state index contributed by atoms with van der Waals surface area (Å²) in [7, 11) is 0. The highest BCUT2D eigenvalue weighted by molar-refractivity contribution is 7.10. The van der Waals surface area contributed by atoms with Gasteiger partial charge < -0.3 is 14.7 Å². The molecule has 1 amide bonds. The minimum absolute atomic E-state index is 0.0674. The third-order valence-corrected chi connectivity index (χ3v) is 5.77. The normalized spacial score (nSPS) is 11.5. The molecule has 0 radical (unpaired) electrons. The van der Waals surface area contributed by atoms with Gasteiger partial charge in [0.05, 0.1) is 6.61 Å². The van der Waals surface area contributed by atoms with Gasteiger partial charge in [-0.3, -0.25) is 5.32 Å². The quantitative estimate of drug-likeness (QED) is 0.189. The van der Waals surface area contributed by atoms with E-state index in [1.165, 1.54) is 0 Å². The number of rotatable bonds is 9. The summed E-state index contributed by atoms with van der Waals surface area (Å²) in [4.78, 5) is 34.1. The van der Waals surface area contributed by atoms with E-state index < -0.39 is 23.4 Å². The molecule has 2 N–H and O–H groups in total. The summed E-state index contributed by atoms with van der Waals surface area (Å²) >= 11 is 0.799. The highest BCUT2D eigenvalue weighted by atomic mass is 32.1. The Morgan fingerprint density at radius 2 is 1.42 bits per heavy atom. The molecule has 0 saturated heterocycles. The van der Waals surface area contributed by atoms with Crippen LogP contribution < -0.4 is 5.32 Å². The number of aromatic nitrogens is 2. The average Bonchev–Trinajstić information content (AvgIpc) is 3.36. The van der Waals surface area contributed by atoms with Gasteiger partial charge in [-0.1, -0.05) is 96.2 Å². The number of amides is 1. The van der Waals surface area contributed by atoms with Crippen molar-refractivity contribution in [2.75, 3.05) is 11.9 Å².